The number of hydrogen-bond acceptors (Lipinski definition) is 4. The quantitative estimate of drug-likeness (QED) is 0.708. The molecule has 0 bridgehead atoms. The number of rotatable bonds is 2. The van der Waals surface area contributed by atoms with Gasteiger partial charge in [-0.15, -0.1) is 0 Å². The third kappa shape index (κ3) is 2.88. The highest BCUT2D eigenvalue weighted by atomic mass is 35.5. The van der Waals surface area contributed by atoms with E-state index in [1.165, 1.54) is 11.3 Å². The molecule has 1 aromatic heterocycles. The number of anilines is 1. The standard InChI is InChI=1S/C18H14ClN3OS/c19-14-6-8-15(9-7-14)21-11-20-18-22(12-21)17(23)16(24-18)10-13-4-2-1-3-5-13/h1-10H,11-12H2. The van der Waals surface area contributed by atoms with Crippen LogP contribution in [-0.4, -0.2) is 11.2 Å². The van der Waals surface area contributed by atoms with Gasteiger partial charge in [0.2, 0.25) is 0 Å². The highest BCUT2D eigenvalue weighted by molar-refractivity contribution is 7.07. The van der Waals surface area contributed by atoms with E-state index < -0.39 is 0 Å². The zero-order valence-electron chi connectivity index (χ0n) is 12.7. The van der Waals surface area contributed by atoms with Gasteiger partial charge in [0.05, 0.1) is 4.53 Å². The molecular formula is C18H14ClN3OS. The first kappa shape index (κ1) is 15.2. The summed E-state index contributed by atoms with van der Waals surface area (Å²) >= 11 is 7.37. The number of nitrogens with zero attached hydrogens (tertiary/aromatic N) is 3. The van der Waals surface area contributed by atoms with Gasteiger partial charge >= 0.3 is 0 Å². The predicted octanol–water partition coefficient (Wildman–Crippen LogP) is 2.45. The van der Waals surface area contributed by atoms with Gasteiger partial charge in [-0.3, -0.25) is 9.36 Å². The van der Waals surface area contributed by atoms with Gasteiger partial charge in [0.1, 0.15) is 13.3 Å². The van der Waals surface area contributed by atoms with E-state index in [0.29, 0.717) is 22.9 Å². The molecule has 24 heavy (non-hydrogen) atoms. The molecule has 0 N–H and O–H groups in total. The van der Waals surface area contributed by atoms with E-state index in [4.69, 9.17) is 11.6 Å². The van der Waals surface area contributed by atoms with Crippen LogP contribution < -0.4 is 19.8 Å². The van der Waals surface area contributed by atoms with Crippen LogP contribution in [0, 0.1) is 0 Å². The minimum atomic E-state index is 0.00117. The summed E-state index contributed by atoms with van der Waals surface area (Å²) in [6.07, 6.45) is 1.92. The molecule has 1 aliphatic heterocycles. The summed E-state index contributed by atoms with van der Waals surface area (Å²) in [5.74, 6) is 0. The first-order valence-corrected chi connectivity index (χ1v) is 8.71. The molecule has 0 amide bonds. The van der Waals surface area contributed by atoms with E-state index in [1.807, 2.05) is 65.6 Å². The first-order chi connectivity index (χ1) is 11.7. The van der Waals surface area contributed by atoms with E-state index in [9.17, 15) is 4.79 Å². The molecule has 4 nitrogen and oxygen atoms in total. The molecule has 0 radical (unpaired) electrons. The Bertz CT molecular complexity index is 1040. The van der Waals surface area contributed by atoms with Crippen molar-refractivity contribution >= 4 is 34.7 Å². The fourth-order valence-electron chi connectivity index (χ4n) is 2.63. The van der Waals surface area contributed by atoms with Crippen LogP contribution in [-0.2, 0) is 6.67 Å². The van der Waals surface area contributed by atoms with E-state index in [2.05, 4.69) is 4.99 Å². The fourth-order valence-corrected chi connectivity index (χ4v) is 3.72. The van der Waals surface area contributed by atoms with Crippen molar-refractivity contribution in [2.24, 2.45) is 4.99 Å². The normalized spacial score (nSPS) is 14.4. The van der Waals surface area contributed by atoms with Crippen LogP contribution in [0.25, 0.3) is 6.08 Å². The molecule has 1 aliphatic rings. The predicted molar refractivity (Wildman–Crippen MR) is 98.2 cm³/mol. The Morgan fingerprint density at radius 2 is 1.83 bits per heavy atom. The van der Waals surface area contributed by atoms with Crippen molar-refractivity contribution in [3.05, 3.63) is 84.9 Å². The van der Waals surface area contributed by atoms with E-state index >= 15 is 0 Å². The SMILES string of the molecule is O=c1c(=Cc2ccccc2)sc2n1CN(c1ccc(Cl)cc1)CN=2. The number of halogens is 1. The number of fused-ring (bicyclic) bond motifs is 1. The number of thiazole rings is 1. The van der Waals surface area contributed by atoms with Gasteiger partial charge in [-0.05, 0) is 35.9 Å². The van der Waals surface area contributed by atoms with Gasteiger partial charge in [-0.2, -0.15) is 0 Å². The van der Waals surface area contributed by atoms with Crippen molar-refractivity contribution in [2.45, 2.75) is 6.67 Å². The Labute approximate surface area is 147 Å². The third-order valence-corrected chi connectivity index (χ3v) is 5.16. The van der Waals surface area contributed by atoms with Gasteiger partial charge in [-0.25, -0.2) is 4.99 Å². The molecule has 3 aromatic rings. The Kier molecular flexibility index (Phi) is 3.96. The lowest BCUT2D eigenvalue weighted by Crippen LogP contribution is -2.42. The lowest BCUT2D eigenvalue weighted by atomic mass is 10.2. The van der Waals surface area contributed by atoms with Gasteiger partial charge in [0.25, 0.3) is 5.56 Å². The Morgan fingerprint density at radius 1 is 1.08 bits per heavy atom. The van der Waals surface area contributed by atoms with Crippen molar-refractivity contribution in [1.82, 2.24) is 4.57 Å². The van der Waals surface area contributed by atoms with Gasteiger partial charge in [-0.1, -0.05) is 53.3 Å². The number of benzene rings is 2. The zero-order valence-corrected chi connectivity index (χ0v) is 14.3. The maximum atomic E-state index is 12.7. The second-order valence-corrected chi connectivity index (χ2v) is 6.94. The number of aromatic nitrogens is 1. The molecule has 0 aliphatic carbocycles. The molecule has 6 heteroatoms. The van der Waals surface area contributed by atoms with Crippen molar-refractivity contribution in [3.63, 3.8) is 0 Å². The maximum Gasteiger partial charge on any atom is 0.271 e. The summed E-state index contributed by atoms with van der Waals surface area (Å²) in [4.78, 5) is 20.1. The topological polar surface area (TPSA) is 37.6 Å². The Balaban J connectivity index is 1.71. The largest absolute Gasteiger partial charge is 0.334 e. The summed E-state index contributed by atoms with van der Waals surface area (Å²) < 4.78 is 2.43. The summed E-state index contributed by atoms with van der Waals surface area (Å²) in [5, 5.41) is 0.695. The van der Waals surface area contributed by atoms with Crippen LogP contribution >= 0.6 is 22.9 Å². The minimum absolute atomic E-state index is 0.00117. The van der Waals surface area contributed by atoms with Crippen LogP contribution in [0.4, 0.5) is 5.69 Å². The molecule has 0 saturated carbocycles. The van der Waals surface area contributed by atoms with Crippen LogP contribution in [0.3, 0.4) is 0 Å². The van der Waals surface area contributed by atoms with E-state index in [0.717, 1.165) is 16.1 Å². The van der Waals surface area contributed by atoms with E-state index in [-0.39, 0.29) is 5.56 Å². The van der Waals surface area contributed by atoms with Crippen molar-refractivity contribution in [2.75, 3.05) is 11.6 Å². The first-order valence-electron chi connectivity index (χ1n) is 7.52. The average molecular weight is 356 g/mol. The monoisotopic (exact) mass is 355 g/mol. The molecule has 0 fully saturated rings. The molecule has 2 heterocycles. The van der Waals surface area contributed by atoms with Crippen LogP contribution in [0.15, 0.2) is 64.4 Å². The van der Waals surface area contributed by atoms with Crippen molar-refractivity contribution < 1.29 is 0 Å². The highest BCUT2D eigenvalue weighted by Gasteiger charge is 2.15. The van der Waals surface area contributed by atoms with Crippen molar-refractivity contribution in [1.29, 1.82) is 0 Å². The second kappa shape index (κ2) is 6.26. The summed E-state index contributed by atoms with van der Waals surface area (Å²) in [6, 6.07) is 17.4. The van der Waals surface area contributed by atoms with Gasteiger partial charge in [0.15, 0.2) is 4.80 Å². The molecule has 0 spiro atoms. The maximum absolute atomic E-state index is 12.7. The second-order valence-electron chi connectivity index (χ2n) is 5.49. The summed E-state index contributed by atoms with van der Waals surface area (Å²) in [6.45, 7) is 1.03. The number of hydrogen-bond donors (Lipinski definition) is 0. The zero-order chi connectivity index (χ0) is 16.5. The smallest absolute Gasteiger partial charge is 0.271 e. The molecule has 0 saturated heterocycles. The third-order valence-electron chi connectivity index (χ3n) is 3.87. The Hall–Kier alpha value is -2.37. The minimum Gasteiger partial charge on any atom is -0.334 e. The van der Waals surface area contributed by atoms with Crippen LogP contribution in [0.2, 0.25) is 5.02 Å². The Morgan fingerprint density at radius 3 is 2.58 bits per heavy atom. The van der Waals surface area contributed by atoms with Crippen molar-refractivity contribution in [3.8, 4) is 0 Å². The van der Waals surface area contributed by atoms with Crippen LogP contribution in [0.1, 0.15) is 5.56 Å². The molecule has 0 unspecified atom stereocenters. The summed E-state index contributed by atoms with van der Waals surface area (Å²) in [7, 11) is 0. The van der Waals surface area contributed by atoms with Gasteiger partial charge < -0.3 is 4.90 Å². The lowest BCUT2D eigenvalue weighted by Gasteiger charge is -2.25. The summed E-state index contributed by atoms with van der Waals surface area (Å²) in [5.41, 5.74) is 2.02. The molecule has 120 valence electrons. The average Bonchev–Trinajstić information content (AvgIpc) is 2.92. The van der Waals surface area contributed by atoms with Gasteiger partial charge in [0, 0.05) is 10.7 Å². The highest BCUT2D eigenvalue weighted by Crippen LogP contribution is 2.18. The molecule has 0 atom stereocenters. The van der Waals surface area contributed by atoms with E-state index in [1.54, 1.807) is 4.57 Å². The lowest BCUT2D eigenvalue weighted by molar-refractivity contribution is 0.569. The fraction of sp³-hybridized carbons (Fsp3) is 0.111. The molecule has 4 rings (SSSR count). The molecular weight excluding hydrogens is 342 g/mol. The molecule has 2 aromatic carbocycles. The van der Waals surface area contributed by atoms with Crippen LogP contribution in [0.5, 0.6) is 0 Å².